The van der Waals surface area contributed by atoms with Crippen LogP contribution in [0.15, 0.2) is 67.3 Å². The second-order valence-corrected chi connectivity index (χ2v) is 5.43. The van der Waals surface area contributed by atoms with Gasteiger partial charge in [-0.3, -0.25) is 14.2 Å². The fourth-order valence-electron chi connectivity index (χ4n) is 2.50. The molecule has 7 nitrogen and oxygen atoms in total. The summed E-state index contributed by atoms with van der Waals surface area (Å²) >= 11 is 0. The van der Waals surface area contributed by atoms with Gasteiger partial charge >= 0.3 is 0 Å². The molecule has 0 atom stereocenters. The van der Waals surface area contributed by atoms with Gasteiger partial charge in [0.2, 0.25) is 0 Å². The second kappa shape index (κ2) is 6.48. The quantitative estimate of drug-likeness (QED) is 0.619. The number of hydrogen-bond donors (Lipinski definition) is 1. The zero-order chi connectivity index (χ0) is 17.1. The van der Waals surface area contributed by atoms with Gasteiger partial charge in [-0.15, -0.1) is 10.2 Å². The topological polar surface area (TPSA) is 85.1 Å². The number of aromatic nitrogens is 5. The van der Waals surface area contributed by atoms with Crippen molar-refractivity contribution < 1.29 is 4.79 Å². The number of nitrogens with one attached hydrogen (secondary N) is 1. The summed E-state index contributed by atoms with van der Waals surface area (Å²) in [5.41, 5.74) is 2.40. The molecule has 0 aliphatic heterocycles. The molecule has 1 aromatic carbocycles. The molecular weight excluding hydrogens is 316 g/mol. The molecule has 0 aliphatic rings. The van der Waals surface area contributed by atoms with Crippen LogP contribution in [0.25, 0.3) is 17.2 Å². The maximum atomic E-state index is 12.3. The normalized spacial score (nSPS) is 10.7. The third-order valence-electron chi connectivity index (χ3n) is 3.77. The lowest BCUT2D eigenvalue weighted by molar-refractivity contribution is 0.0951. The Balaban J connectivity index is 1.51. The first-order chi connectivity index (χ1) is 12.3. The van der Waals surface area contributed by atoms with Crippen LogP contribution in [0.3, 0.4) is 0 Å². The van der Waals surface area contributed by atoms with E-state index in [4.69, 9.17) is 0 Å². The highest BCUT2D eigenvalue weighted by molar-refractivity contribution is 5.94. The van der Waals surface area contributed by atoms with Crippen molar-refractivity contribution in [2.75, 3.05) is 0 Å². The monoisotopic (exact) mass is 330 g/mol. The van der Waals surface area contributed by atoms with Crippen molar-refractivity contribution in [1.82, 2.24) is 29.9 Å². The Hall–Kier alpha value is -3.61. The first-order valence-electron chi connectivity index (χ1n) is 7.74. The molecule has 0 radical (unpaired) electrons. The van der Waals surface area contributed by atoms with Crippen molar-refractivity contribution in [3.05, 3.63) is 78.4 Å². The molecule has 0 bridgehead atoms. The van der Waals surface area contributed by atoms with Gasteiger partial charge in [0, 0.05) is 42.5 Å². The van der Waals surface area contributed by atoms with Crippen molar-refractivity contribution in [2.24, 2.45) is 0 Å². The molecule has 0 fully saturated rings. The predicted octanol–water partition coefficient (Wildman–Crippen LogP) is 2.12. The maximum Gasteiger partial charge on any atom is 0.255 e. The number of rotatable bonds is 4. The average Bonchev–Trinajstić information content (AvgIpc) is 3.11. The molecule has 0 saturated carbocycles. The Bertz CT molecular complexity index is 1010. The molecular formula is C18H14N6O. The smallest absolute Gasteiger partial charge is 0.255 e. The summed E-state index contributed by atoms with van der Waals surface area (Å²) in [6.07, 6.45) is 6.96. The Morgan fingerprint density at radius 3 is 2.72 bits per heavy atom. The van der Waals surface area contributed by atoms with Crippen LogP contribution in [-0.4, -0.2) is 30.5 Å². The van der Waals surface area contributed by atoms with E-state index in [0.29, 0.717) is 23.7 Å². The van der Waals surface area contributed by atoms with E-state index >= 15 is 0 Å². The zero-order valence-electron chi connectivity index (χ0n) is 13.2. The van der Waals surface area contributed by atoms with Gasteiger partial charge in [0.25, 0.3) is 11.7 Å². The lowest BCUT2D eigenvalue weighted by Gasteiger charge is -2.06. The molecule has 4 rings (SSSR count). The molecule has 3 aromatic heterocycles. The number of hydrogen-bond acceptors (Lipinski definition) is 5. The minimum atomic E-state index is -0.136. The van der Waals surface area contributed by atoms with E-state index < -0.39 is 0 Å². The van der Waals surface area contributed by atoms with Crippen molar-refractivity contribution >= 4 is 11.7 Å². The van der Waals surface area contributed by atoms with Gasteiger partial charge in [0.1, 0.15) is 0 Å². The summed E-state index contributed by atoms with van der Waals surface area (Å²) in [7, 11) is 0. The van der Waals surface area contributed by atoms with Crippen molar-refractivity contribution in [2.45, 2.75) is 6.54 Å². The predicted molar refractivity (Wildman–Crippen MR) is 91.6 cm³/mol. The third-order valence-corrected chi connectivity index (χ3v) is 3.77. The Morgan fingerprint density at radius 2 is 1.92 bits per heavy atom. The molecule has 25 heavy (non-hydrogen) atoms. The van der Waals surface area contributed by atoms with Crippen LogP contribution in [0.1, 0.15) is 15.9 Å². The highest BCUT2D eigenvalue weighted by Crippen LogP contribution is 2.18. The van der Waals surface area contributed by atoms with Gasteiger partial charge < -0.3 is 5.32 Å². The summed E-state index contributed by atoms with van der Waals surface area (Å²) in [4.78, 5) is 20.4. The second-order valence-electron chi connectivity index (χ2n) is 5.43. The fourth-order valence-corrected chi connectivity index (χ4v) is 2.50. The third kappa shape index (κ3) is 3.07. The molecule has 0 unspecified atom stereocenters. The number of carbonyl (C=O) groups is 1. The van der Waals surface area contributed by atoms with Crippen LogP contribution in [0, 0.1) is 0 Å². The standard InChI is InChI=1S/C18H14N6O/c25-17(21-12-13-3-1-8-19-11-13)15-6-4-14(5-7-15)16-22-23-18-20-9-2-10-24(16)18/h1-11H,12H2,(H,21,25). The van der Waals surface area contributed by atoms with E-state index in [1.54, 1.807) is 35.1 Å². The number of carbonyl (C=O) groups excluding carboxylic acids is 1. The fraction of sp³-hybridized carbons (Fsp3) is 0.0556. The van der Waals surface area contributed by atoms with Crippen LogP contribution in [0.4, 0.5) is 0 Å². The summed E-state index contributed by atoms with van der Waals surface area (Å²) in [6, 6.07) is 12.8. The Morgan fingerprint density at radius 1 is 1.04 bits per heavy atom. The van der Waals surface area contributed by atoms with Gasteiger partial charge in [-0.25, -0.2) is 4.98 Å². The zero-order valence-corrected chi connectivity index (χ0v) is 13.2. The summed E-state index contributed by atoms with van der Waals surface area (Å²) < 4.78 is 1.80. The molecule has 1 amide bonds. The minimum absolute atomic E-state index is 0.136. The van der Waals surface area contributed by atoms with Gasteiger partial charge in [-0.2, -0.15) is 0 Å². The molecule has 122 valence electrons. The number of benzene rings is 1. The van der Waals surface area contributed by atoms with Crippen LogP contribution in [0.2, 0.25) is 0 Å². The van der Waals surface area contributed by atoms with Crippen LogP contribution >= 0.6 is 0 Å². The largest absolute Gasteiger partial charge is 0.348 e. The molecule has 0 aliphatic carbocycles. The Labute approximate surface area is 143 Å². The van der Waals surface area contributed by atoms with E-state index in [1.165, 1.54) is 0 Å². The van der Waals surface area contributed by atoms with E-state index in [0.717, 1.165) is 11.1 Å². The molecule has 7 heteroatoms. The summed E-state index contributed by atoms with van der Waals surface area (Å²) in [5.74, 6) is 1.09. The maximum absolute atomic E-state index is 12.3. The highest BCUT2D eigenvalue weighted by atomic mass is 16.1. The number of amides is 1. The Kier molecular flexibility index (Phi) is 3.88. The molecule has 0 saturated heterocycles. The first kappa shape index (κ1) is 14.9. The minimum Gasteiger partial charge on any atom is -0.348 e. The molecule has 4 aromatic rings. The van der Waals surface area contributed by atoms with Gasteiger partial charge in [0.05, 0.1) is 0 Å². The van der Waals surface area contributed by atoms with Gasteiger partial charge in [-0.05, 0) is 29.8 Å². The van der Waals surface area contributed by atoms with E-state index in [2.05, 4.69) is 25.5 Å². The van der Waals surface area contributed by atoms with Crippen LogP contribution in [0.5, 0.6) is 0 Å². The number of pyridine rings is 1. The van der Waals surface area contributed by atoms with Crippen molar-refractivity contribution in [3.63, 3.8) is 0 Å². The molecule has 3 heterocycles. The van der Waals surface area contributed by atoms with Gasteiger partial charge in [-0.1, -0.05) is 18.2 Å². The first-order valence-corrected chi connectivity index (χ1v) is 7.74. The SMILES string of the molecule is O=C(NCc1cccnc1)c1ccc(-c2nnc3ncccn23)cc1. The summed E-state index contributed by atoms with van der Waals surface area (Å²) in [6.45, 7) is 0.439. The van der Waals surface area contributed by atoms with Crippen molar-refractivity contribution in [3.8, 4) is 11.4 Å². The van der Waals surface area contributed by atoms with Gasteiger partial charge in [0.15, 0.2) is 5.82 Å². The van der Waals surface area contributed by atoms with Crippen molar-refractivity contribution in [1.29, 1.82) is 0 Å². The highest BCUT2D eigenvalue weighted by Gasteiger charge is 2.10. The van der Waals surface area contributed by atoms with E-state index in [9.17, 15) is 4.79 Å². The lowest BCUT2D eigenvalue weighted by atomic mass is 10.1. The lowest BCUT2D eigenvalue weighted by Crippen LogP contribution is -2.22. The molecule has 0 spiro atoms. The summed E-state index contributed by atoms with van der Waals surface area (Å²) in [5, 5.41) is 11.1. The van der Waals surface area contributed by atoms with E-state index in [-0.39, 0.29) is 5.91 Å². The van der Waals surface area contributed by atoms with Crippen LogP contribution < -0.4 is 5.32 Å². The van der Waals surface area contributed by atoms with Crippen LogP contribution in [-0.2, 0) is 6.54 Å². The number of fused-ring (bicyclic) bond motifs is 1. The molecule has 1 N–H and O–H groups in total. The average molecular weight is 330 g/mol. The number of nitrogens with zero attached hydrogens (tertiary/aromatic N) is 5. The van der Waals surface area contributed by atoms with E-state index in [1.807, 2.05) is 36.5 Å².